The molecule has 0 radical (unpaired) electrons. The van der Waals surface area contributed by atoms with Crippen molar-refractivity contribution in [3.63, 3.8) is 0 Å². The van der Waals surface area contributed by atoms with E-state index in [1.807, 2.05) is 0 Å². The molecule has 0 heterocycles. The van der Waals surface area contributed by atoms with Gasteiger partial charge in [-0.1, -0.05) is 0 Å². The molecule has 0 aliphatic carbocycles. The van der Waals surface area contributed by atoms with Crippen LogP contribution in [0, 0.1) is 0 Å². The maximum absolute atomic E-state index is 2.32. The number of rotatable bonds is 6. The van der Waals surface area contributed by atoms with Crippen LogP contribution >= 0.6 is 0 Å². The molecule has 128 valence electrons. The van der Waals surface area contributed by atoms with Crippen molar-refractivity contribution in [1.29, 1.82) is 0 Å². The predicted molar refractivity (Wildman–Crippen MR) is 111 cm³/mol. The van der Waals surface area contributed by atoms with E-state index >= 15 is 0 Å². The molecule has 0 amide bonds. The van der Waals surface area contributed by atoms with Crippen LogP contribution in [-0.2, 0) is 32.4 Å². The fourth-order valence-corrected chi connectivity index (χ4v) is 9.94. The molecule has 0 atom stereocenters. The van der Waals surface area contributed by atoms with Crippen molar-refractivity contribution < 1.29 is 24.6 Å². The molecule has 0 aromatic heterocycles. The summed E-state index contributed by atoms with van der Waals surface area (Å²) in [6, 6.07) is 39.6. The van der Waals surface area contributed by atoms with Gasteiger partial charge in [-0.3, -0.25) is 0 Å². The van der Waals surface area contributed by atoms with Crippen LogP contribution in [0.15, 0.2) is 109 Å². The maximum atomic E-state index is 2.32. The fraction of sp³-hybridized carbons (Fsp3) is 0.0769. The van der Waals surface area contributed by atoms with Gasteiger partial charge in [-0.25, -0.2) is 0 Å². The molecule has 0 N–H and O–H groups in total. The van der Waals surface area contributed by atoms with Crippen LogP contribution in [0.3, 0.4) is 0 Å². The molecule has 4 aromatic carbocycles. The van der Waals surface area contributed by atoms with Gasteiger partial charge in [0.15, 0.2) is 0 Å². The molecule has 0 spiro atoms. The van der Waals surface area contributed by atoms with E-state index in [2.05, 4.69) is 109 Å². The van der Waals surface area contributed by atoms with Gasteiger partial charge in [-0.2, -0.15) is 0 Å². The first-order chi connectivity index (χ1) is 13.4. The van der Waals surface area contributed by atoms with E-state index in [1.54, 1.807) is 0 Å². The predicted octanol–water partition coefficient (Wildman–Crippen LogP) is 6.80. The normalized spacial score (nSPS) is 10.4. The Kier molecular flexibility index (Phi) is 6.16. The number of benzene rings is 4. The second kappa shape index (κ2) is 9.15. The van der Waals surface area contributed by atoms with E-state index in [-0.39, 0.29) is 0 Å². The molecule has 0 bridgehead atoms. The third kappa shape index (κ3) is 4.96. The minimum absolute atomic E-state index is 0.922. The Balaban J connectivity index is 1.32. The molecule has 4 aromatic rings. The monoisotopic (exact) mass is 536 g/mol. The zero-order valence-electron chi connectivity index (χ0n) is 15.5. The van der Waals surface area contributed by atoms with Gasteiger partial charge in [0.05, 0.1) is 0 Å². The standard InChI is InChI=1S/2C13H11.Hg/c2*1-11-7-9-13(10-8-11)12-5-3-2-4-6-12;/h2*2-10H,1H2;. The van der Waals surface area contributed by atoms with Crippen LogP contribution in [0.5, 0.6) is 0 Å². The third-order valence-corrected chi connectivity index (χ3v) is 12.3. The first-order valence-electron chi connectivity index (χ1n) is 9.67. The topological polar surface area (TPSA) is 0 Å². The van der Waals surface area contributed by atoms with Crippen molar-refractivity contribution in [2.45, 2.75) is 7.86 Å². The van der Waals surface area contributed by atoms with Crippen LogP contribution in [0.25, 0.3) is 22.3 Å². The van der Waals surface area contributed by atoms with E-state index in [0.717, 1.165) is 0 Å². The Morgan fingerprint density at radius 1 is 0.370 bits per heavy atom. The van der Waals surface area contributed by atoms with Crippen molar-refractivity contribution in [3.8, 4) is 22.3 Å². The second-order valence-electron chi connectivity index (χ2n) is 6.98. The van der Waals surface area contributed by atoms with Crippen LogP contribution in [0.2, 0.25) is 0 Å². The average Bonchev–Trinajstić information content (AvgIpc) is 2.76. The van der Waals surface area contributed by atoms with Gasteiger partial charge in [0.2, 0.25) is 0 Å². The van der Waals surface area contributed by atoms with Gasteiger partial charge in [0.1, 0.15) is 0 Å². The van der Waals surface area contributed by atoms with E-state index < -0.39 is 24.6 Å². The molecule has 0 aliphatic rings. The third-order valence-electron chi connectivity index (χ3n) is 5.05. The second-order valence-corrected chi connectivity index (χ2v) is 13.6. The average molecular weight is 535 g/mol. The van der Waals surface area contributed by atoms with Crippen LogP contribution in [0.4, 0.5) is 0 Å². The molecule has 0 unspecified atom stereocenters. The van der Waals surface area contributed by atoms with Crippen molar-refractivity contribution in [2.75, 3.05) is 0 Å². The van der Waals surface area contributed by atoms with Crippen molar-refractivity contribution in [1.82, 2.24) is 0 Å². The van der Waals surface area contributed by atoms with Gasteiger partial charge < -0.3 is 0 Å². The van der Waals surface area contributed by atoms with E-state index in [0.29, 0.717) is 0 Å². The van der Waals surface area contributed by atoms with E-state index in [9.17, 15) is 0 Å². The summed E-state index contributed by atoms with van der Waals surface area (Å²) >= 11 is -0.922. The molecule has 1 heteroatoms. The summed E-state index contributed by atoms with van der Waals surface area (Å²) in [6.07, 6.45) is 0. The summed E-state index contributed by atoms with van der Waals surface area (Å²) in [4.78, 5) is 0. The van der Waals surface area contributed by atoms with Gasteiger partial charge in [-0.05, 0) is 0 Å². The molecular formula is C26H22Hg. The Morgan fingerprint density at radius 2 is 0.704 bits per heavy atom. The van der Waals surface area contributed by atoms with Gasteiger partial charge in [0, 0.05) is 0 Å². The summed E-state index contributed by atoms with van der Waals surface area (Å²) in [5.41, 5.74) is 8.24. The molecule has 0 nitrogen and oxygen atoms in total. The Labute approximate surface area is 174 Å². The zero-order chi connectivity index (χ0) is 18.3. The first-order valence-corrected chi connectivity index (χ1v) is 17.4. The zero-order valence-corrected chi connectivity index (χ0v) is 21.0. The number of hydrogen-bond donors (Lipinski definition) is 0. The Morgan fingerprint density at radius 3 is 1.07 bits per heavy atom. The molecule has 4 rings (SSSR count). The van der Waals surface area contributed by atoms with Gasteiger partial charge in [0.25, 0.3) is 0 Å². The van der Waals surface area contributed by atoms with Gasteiger partial charge in [-0.15, -0.1) is 0 Å². The summed E-state index contributed by atoms with van der Waals surface area (Å²) in [5.74, 6) is 0. The van der Waals surface area contributed by atoms with E-state index in [4.69, 9.17) is 0 Å². The Bertz CT molecular complexity index is 873. The molecule has 0 saturated carbocycles. The van der Waals surface area contributed by atoms with Crippen molar-refractivity contribution >= 4 is 0 Å². The van der Waals surface area contributed by atoms with Crippen LogP contribution < -0.4 is 0 Å². The molecule has 27 heavy (non-hydrogen) atoms. The van der Waals surface area contributed by atoms with Crippen LogP contribution in [-0.4, -0.2) is 0 Å². The number of hydrogen-bond acceptors (Lipinski definition) is 0. The fourth-order valence-electron chi connectivity index (χ4n) is 3.49. The first kappa shape index (κ1) is 18.2. The summed E-state index contributed by atoms with van der Waals surface area (Å²) < 4.78 is 2.69. The minimum atomic E-state index is -0.922. The van der Waals surface area contributed by atoms with Crippen molar-refractivity contribution in [3.05, 3.63) is 120 Å². The Hall–Kier alpha value is -2.18. The molecular weight excluding hydrogens is 513 g/mol. The summed E-state index contributed by atoms with van der Waals surface area (Å²) in [5, 5.41) is 0. The van der Waals surface area contributed by atoms with Crippen LogP contribution in [0.1, 0.15) is 11.1 Å². The summed E-state index contributed by atoms with van der Waals surface area (Å²) in [7, 11) is 0. The molecule has 0 fully saturated rings. The molecule has 0 aliphatic heterocycles. The summed E-state index contributed by atoms with van der Waals surface area (Å²) in [6.45, 7) is 0. The SMILES string of the molecule is c1ccc(-c2ccc([CH2][Hg][CH2]c3ccc(-c4ccccc4)cc3)cc2)cc1. The molecule has 0 saturated heterocycles. The van der Waals surface area contributed by atoms with Gasteiger partial charge >= 0.3 is 175 Å². The van der Waals surface area contributed by atoms with E-state index in [1.165, 1.54) is 41.2 Å². The quantitative estimate of drug-likeness (QED) is 0.239. The van der Waals surface area contributed by atoms with Crippen molar-refractivity contribution in [2.24, 2.45) is 0 Å².